The Kier molecular flexibility index (Phi) is 4.07. The van der Waals surface area contributed by atoms with Gasteiger partial charge in [-0.1, -0.05) is 0 Å². The van der Waals surface area contributed by atoms with Gasteiger partial charge in [-0.2, -0.15) is 0 Å². The number of methoxy groups -OCH3 is 1. The van der Waals surface area contributed by atoms with Gasteiger partial charge in [0.25, 0.3) is 5.69 Å². The van der Waals surface area contributed by atoms with E-state index in [1.54, 1.807) is 19.2 Å². The Hall–Kier alpha value is -1.66. The fourth-order valence-corrected chi connectivity index (χ4v) is 3.50. The number of nitro groups is 1. The molecule has 2 atom stereocenters. The van der Waals surface area contributed by atoms with Gasteiger partial charge in [-0.05, 0) is 44.0 Å². The first-order valence-electron chi connectivity index (χ1n) is 7.41. The van der Waals surface area contributed by atoms with Gasteiger partial charge in [-0.3, -0.25) is 15.0 Å². The molecule has 3 rings (SSSR count). The van der Waals surface area contributed by atoms with Gasteiger partial charge < -0.3 is 10.1 Å². The molecule has 0 aliphatic carbocycles. The largest absolute Gasteiger partial charge is 0.496 e. The Morgan fingerprint density at radius 1 is 1.43 bits per heavy atom. The zero-order valence-corrected chi connectivity index (χ0v) is 12.2. The maximum absolute atomic E-state index is 10.9. The molecule has 0 spiro atoms. The van der Waals surface area contributed by atoms with Crippen molar-refractivity contribution in [2.45, 2.75) is 13.0 Å². The van der Waals surface area contributed by atoms with E-state index in [-0.39, 0.29) is 10.6 Å². The van der Waals surface area contributed by atoms with Crippen LogP contribution in [0.25, 0.3) is 0 Å². The van der Waals surface area contributed by atoms with Crippen molar-refractivity contribution in [1.29, 1.82) is 0 Å². The van der Waals surface area contributed by atoms with Crippen molar-refractivity contribution in [3.05, 3.63) is 33.9 Å². The van der Waals surface area contributed by atoms with Gasteiger partial charge in [-0.15, -0.1) is 0 Å². The zero-order chi connectivity index (χ0) is 14.8. The molecule has 21 heavy (non-hydrogen) atoms. The number of fused-ring (bicyclic) bond motifs is 1. The predicted molar refractivity (Wildman–Crippen MR) is 79.4 cm³/mol. The van der Waals surface area contributed by atoms with Crippen LogP contribution in [-0.2, 0) is 6.54 Å². The first kappa shape index (κ1) is 14.3. The van der Waals surface area contributed by atoms with Gasteiger partial charge in [0.1, 0.15) is 5.75 Å². The van der Waals surface area contributed by atoms with E-state index >= 15 is 0 Å². The van der Waals surface area contributed by atoms with Crippen molar-refractivity contribution in [2.75, 3.05) is 33.3 Å². The molecule has 2 fully saturated rings. The van der Waals surface area contributed by atoms with Gasteiger partial charge in [0, 0.05) is 30.8 Å². The van der Waals surface area contributed by atoms with Crippen LogP contribution < -0.4 is 10.1 Å². The Labute approximate surface area is 124 Å². The number of hydrogen-bond donors (Lipinski definition) is 1. The second kappa shape index (κ2) is 5.99. The van der Waals surface area contributed by atoms with Gasteiger partial charge in [0.2, 0.25) is 0 Å². The number of non-ortho nitro benzene ring substituents is 1. The lowest BCUT2D eigenvalue weighted by Crippen LogP contribution is -2.39. The van der Waals surface area contributed by atoms with Crippen molar-refractivity contribution in [3.8, 4) is 5.75 Å². The number of nitrogens with zero attached hydrogens (tertiary/aromatic N) is 2. The van der Waals surface area contributed by atoms with Crippen LogP contribution in [0.1, 0.15) is 12.0 Å². The highest BCUT2D eigenvalue weighted by atomic mass is 16.6. The van der Waals surface area contributed by atoms with E-state index in [0.717, 1.165) is 43.4 Å². The summed E-state index contributed by atoms with van der Waals surface area (Å²) in [7, 11) is 1.61. The third-order valence-electron chi connectivity index (χ3n) is 4.66. The number of ether oxygens (including phenoxy) is 1. The minimum atomic E-state index is -0.351. The molecule has 0 saturated carbocycles. The molecule has 6 heteroatoms. The monoisotopic (exact) mass is 291 g/mol. The minimum Gasteiger partial charge on any atom is -0.496 e. The number of benzene rings is 1. The number of nitrogens with one attached hydrogen (secondary N) is 1. The van der Waals surface area contributed by atoms with E-state index in [0.29, 0.717) is 12.5 Å². The Morgan fingerprint density at radius 3 is 3.00 bits per heavy atom. The van der Waals surface area contributed by atoms with Crippen LogP contribution in [-0.4, -0.2) is 43.1 Å². The maximum atomic E-state index is 10.9. The lowest BCUT2D eigenvalue weighted by Gasteiger charge is -2.34. The molecule has 2 aliphatic rings. The van der Waals surface area contributed by atoms with Crippen LogP contribution in [0.2, 0.25) is 0 Å². The summed E-state index contributed by atoms with van der Waals surface area (Å²) in [5.41, 5.74) is 1.03. The standard InChI is InChI=1S/C15H21N3O3/c1-21-15-3-2-14(18(19)20)6-12(15)9-17-5-4-11-7-16-8-13(11)10-17/h2-3,6,11,13,16H,4-5,7-10H2,1H3. The van der Waals surface area contributed by atoms with E-state index < -0.39 is 0 Å². The van der Waals surface area contributed by atoms with Crippen LogP contribution in [0.3, 0.4) is 0 Å². The summed E-state index contributed by atoms with van der Waals surface area (Å²) >= 11 is 0. The van der Waals surface area contributed by atoms with Gasteiger partial charge in [0.15, 0.2) is 0 Å². The van der Waals surface area contributed by atoms with Crippen molar-refractivity contribution in [3.63, 3.8) is 0 Å². The summed E-state index contributed by atoms with van der Waals surface area (Å²) in [4.78, 5) is 13.0. The van der Waals surface area contributed by atoms with E-state index in [1.807, 2.05) is 0 Å². The number of nitro benzene ring substituents is 1. The van der Waals surface area contributed by atoms with E-state index in [2.05, 4.69) is 10.2 Å². The summed E-state index contributed by atoms with van der Waals surface area (Å²) < 4.78 is 5.35. The molecular formula is C15H21N3O3. The molecule has 1 N–H and O–H groups in total. The summed E-state index contributed by atoms with van der Waals surface area (Å²) in [5, 5.41) is 14.4. The highest BCUT2D eigenvalue weighted by Crippen LogP contribution is 2.30. The van der Waals surface area contributed by atoms with Crippen molar-refractivity contribution in [2.24, 2.45) is 11.8 Å². The zero-order valence-electron chi connectivity index (χ0n) is 12.2. The molecule has 1 aromatic carbocycles. The molecule has 0 amide bonds. The van der Waals surface area contributed by atoms with Gasteiger partial charge >= 0.3 is 0 Å². The molecule has 2 aliphatic heterocycles. The normalized spacial score (nSPS) is 25.6. The van der Waals surface area contributed by atoms with E-state index in [1.165, 1.54) is 12.5 Å². The Balaban J connectivity index is 1.74. The first-order valence-corrected chi connectivity index (χ1v) is 7.41. The fraction of sp³-hybridized carbons (Fsp3) is 0.600. The predicted octanol–water partition coefficient (Wildman–Crippen LogP) is 1.64. The quantitative estimate of drug-likeness (QED) is 0.675. The van der Waals surface area contributed by atoms with Gasteiger partial charge in [-0.25, -0.2) is 0 Å². The second-order valence-electron chi connectivity index (χ2n) is 5.96. The number of likely N-dealkylation sites (tertiary alicyclic amines) is 1. The summed E-state index contributed by atoms with van der Waals surface area (Å²) in [6, 6.07) is 4.82. The van der Waals surface area contributed by atoms with Crippen LogP contribution in [0.4, 0.5) is 5.69 Å². The average Bonchev–Trinajstić information content (AvgIpc) is 2.94. The van der Waals surface area contributed by atoms with Gasteiger partial charge in [0.05, 0.1) is 12.0 Å². The molecule has 2 unspecified atom stereocenters. The SMILES string of the molecule is COc1ccc([N+](=O)[O-])cc1CN1CCC2CNCC2C1. The van der Waals surface area contributed by atoms with E-state index in [4.69, 9.17) is 4.74 Å². The first-order chi connectivity index (χ1) is 10.2. The lowest BCUT2D eigenvalue weighted by molar-refractivity contribution is -0.385. The maximum Gasteiger partial charge on any atom is 0.270 e. The second-order valence-corrected chi connectivity index (χ2v) is 5.96. The Morgan fingerprint density at radius 2 is 2.24 bits per heavy atom. The number of rotatable bonds is 4. The molecule has 0 radical (unpaired) electrons. The minimum absolute atomic E-state index is 0.128. The lowest BCUT2D eigenvalue weighted by atomic mass is 9.88. The average molecular weight is 291 g/mol. The van der Waals surface area contributed by atoms with Crippen LogP contribution in [0.5, 0.6) is 5.75 Å². The van der Waals surface area contributed by atoms with E-state index in [9.17, 15) is 10.1 Å². The highest BCUT2D eigenvalue weighted by molar-refractivity contribution is 5.43. The fourth-order valence-electron chi connectivity index (χ4n) is 3.50. The molecule has 6 nitrogen and oxygen atoms in total. The molecule has 0 bridgehead atoms. The summed E-state index contributed by atoms with van der Waals surface area (Å²) in [6.07, 6.45) is 1.20. The molecule has 2 heterocycles. The Bertz CT molecular complexity index is 535. The molecule has 114 valence electrons. The van der Waals surface area contributed by atoms with Crippen molar-refractivity contribution < 1.29 is 9.66 Å². The summed E-state index contributed by atoms with van der Waals surface area (Å²) in [6.45, 7) is 5.05. The third kappa shape index (κ3) is 3.01. The third-order valence-corrected chi connectivity index (χ3v) is 4.66. The molecular weight excluding hydrogens is 270 g/mol. The molecule has 1 aromatic rings. The summed E-state index contributed by atoms with van der Waals surface area (Å²) in [5.74, 6) is 2.24. The van der Waals surface area contributed by atoms with Crippen molar-refractivity contribution >= 4 is 5.69 Å². The highest BCUT2D eigenvalue weighted by Gasteiger charge is 2.32. The van der Waals surface area contributed by atoms with Crippen molar-refractivity contribution in [1.82, 2.24) is 10.2 Å². The molecule has 2 saturated heterocycles. The van der Waals surface area contributed by atoms with Crippen LogP contribution in [0.15, 0.2) is 18.2 Å². The number of piperidine rings is 1. The van der Waals surface area contributed by atoms with Crippen LogP contribution >= 0.6 is 0 Å². The smallest absolute Gasteiger partial charge is 0.270 e. The van der Waals surface area contributed by atoms with Crippen LogP contribution in [0, 0.1) is 22.0 Å². The number of hydrogen-bond acceptors (Lipinski definition) is 5. The topological polar surface area (TPSA) is 67.6 Å². The molecule has 0 aromatic heterocycles.